The Bertz CT molecular complexity index is 1130. The van der Waals surface area contributed by atoms with E-state index in [4.69, 9.17) is 0 Å². The van der Waals surface area contributed by atoms with Crippen molar-refractivity contribution in [3.05, 3.63) is 35.5 Å². The molecule has 0 spiro atoms. The molecule has 1 aliphatic rings. The SMILES string of the molecule is CCN1CCC[C@@H](n2cc(C#N)c3cc(-c4c(C)cc(OC(F)F)cc4O)nnc32)C1. The normalized spacial score (nSPS) is 17.2. The number of nitriles is 1. The Balaban J connectivity index is 1.77. The molecule has 1 saturated heterocycles. The van der Waals surface area contributed by atoms with Gasteiger partial charge in [-0.1, -0.05) is 6.92 Å². The number of ether oxygens (including phenoxy) is 1. The third-order valence-corrected chi connectivity index (χ3v) is 5.79. The molecule has 2 aromatic heterocycles. The van der Waals surface area contributed by atoms with Gasteiger partial charge in [-0.25, -0.2) is 0 Å². The quantitative estimate of drug-likeness (QED) is 0.655. The van der Waals surface area contributed by atoms with Gasteiger partial charge >= 0.3 is 6.61 Å². The summed E-state index contributed by atoms with van der Waals surface area (Å²) in [5.74, 6) is -0.377. The van der Waals surface area contributed by atoms with Crippen LogP contribution in [0.5, 0.6) is 11.5 Å². The predicted octanol–water partition coefficient (Wildman–Crippen LogP) is 4.24. The Morgan fingerprint density at radius 2 is 2.13 bits per heavy atom. The minimum atomic E-state index is -2.98. The van der Waals surface area contributed by atoms with Crippen LogP contribution in [0.2, 0.25) is 0 Å². The Labute approximate surface area is 178 Å². The van der Waals surface area contributed by atoms with E-state index in [0.29, 0.717) is 33.4 Å². The van der Waals surface area contributed by atoms with Crippen LogP contribution in [-0.2, 0) is 0 Å². The fourth-order valence-corrected chi connectivity index (χ4v) is 4.32. The number of aromatic hydroxyl groups is 1. The van der Waals surface area contributed by atoms with Crippen molar-refractivity contribution < 1.29 is 18.6 Å². The van der Waals surface area contributed by atoms with Crippen LogP contribution < -0.4 is 4.74 Å². The number of aromatic nitrogens is 3. The third-order valence-electron chi connectivity index (χ3n) is 5.79. The summed E-state index contributed by atoms with van der Waals surface area (Å²) >= 11 is 0. The van der Waals surface area contributed by atoms with Crippen molar-refractivity contribution in [3.8, 4) is 28.8 Å². The number of phenols is 1. The van der Waals surface area contributed by atoms with Gasteiger partial charge in [-0.2, -0.15) is 14.0 Å². The first kappa shape index (κ1) is 21.0. The number of hydrogen-bond donors (Lipinski definition) is 1. The van der Waals surface area contributed by atoms with Crippen molar-refractivity contribution in [2.75, 3.05) is 19.6 Å². The zero-order valence-electron chi connectivity index (χ0n) is 17.3. The second-order valence-electron chi connectivity index (χ2n) is 7.73. The number of aryl methyl sites for hydroxylation is 1. The Kier molecular flexibility index (Phi) is 5.74. The van der Waals surface area contributed by atoms with E-state index in [-0.39, 0.29) is 17.5 Å². The van der Waals surface area contributed by atoms with Crippen LogP contribution in [0, 0.1) is 18.3 Å². The summed E-state index contributed by atoms with van der Waals surface area (Å²) in [5.41, 5.74) is 2.34. The molecule has 7 nitrogen and oxygen atoms in total. The number of benzene rings is 1. The predicted molar refractivity (Wildman–Crippen MR) is 111 cm³/mol. The smallest absolute Gasteiger partial charge is 0.387 e. The summed E-state index contributed by atoms with van der Waals surface area (Å²) in [6, 6.07) is 6.68. The van der Waals surface area contributed by atoms with E-state index in [0.717, 1.165) is 38.5 Å². The van der Waals surface area contributed by atoms with Gasteiger partial charge in [-0.15, -0.1) is 10.2 Å². The second kappa shape index (κ2) is 8.47. The van der Waals surface area contributed by atoms with Crippen LogP contribution in [0.3, 0.4) is 0 Å². The maximum atomic E-state index is 12.5. The summed E-state index contributed by atoms with van der Waals surface area (Å²) in [4.78, 5) is 2.37. The summed E-state index contributed by atoms with van der Waals surface area (Å²) in [6.45, 7) is 3.74. The summed E-state index contributed by atoms with van der Waals surface area (Å²) in [6.07, 6.45) is 3.89. The highest BCUT2D eigenvalue weighted by Crippen LogP contribution is 2.37. The number of halogens is 2. The van der Waals surface area contributed by atoms with Gasteiger partial charge in [0.1, 0.15) is 17.6 Å². The third kappa shape index (κ3) is 4.03. The Morgan fingerprint density at radius 1 is 1.32 bits per heavy atom. The fourth-order valence-electron chi connectivity index (χ4n) is 4.32. The number of hydrogen-bond acceptors (Lipinski definition) is 6. The molecule has 162 valence electrons. The molecule has 0 bridgehead atoms. The van der Waals surface area contributed by atoms with Crippen LogP contribution in [0.25, 0.3) is 22.3 Å². The van der Waals surface area contributed by atoms with E-state index in [1.165, 1.54) is 6.07 Å². The average Bonchev–Trinajstić information content (AvgIpc) is 3.11. The molecule has 31 heavy (non-hydrogen) atoms. The lowest BCUT2D eigenvalue weighted by Crippen LogP contribution is -2.36. The highest BCUT2D eigenvalue weighted by atomic mass is 19.3. The molecule has 1 atom stereocenters. The van der Waals surface area contributed by atoms with Crippen molar-refractivity contribution in [2.45, 2.75) is 39.3 Å². The van der Waals surface area contributed by atoms with Crippen molar-refractivity contribution in [3.63, 3.8) is 0 Å². The van der Waals surface area contributed by atoms with E-state index in [2.05, 4.69) is 32.8 Å². The number of alkyl halides is 2. The highest BCUT2D eigenvalue weighted by Gasteiger charge is 2.24. The first-order chi connectivity index (χ1) is 14.9. The van der Waals surface area contributed by atoms with Crippen LogP contribution in [0.1, 0.15) is 36.9 Å². The lowest BCUT2D eigenvalue weighted by molar-refractivity contribution is -0.0499. The van der Waals surface area contributed by atoms with E-state index < -0.39 is 6.61 Å². The number of rotatable bonds is 5. The lowest BCUT2D eigenvalue weighted by atomic mass is 10.0. The van der Waals surface area contributed by atoms with Gasteiger partial charge in [-0.3, -0.25) is 0 Å². The minimum Gasteiger partial charge on any atom is -0.507 e. The molecule has 1 fully saturated rings. The molecule has 0 unspecified atom stereocenters. The Hall–Kier alpha value is -3.25. The highest BCUT2D eigenvalue weighted by molar-refractivity contribution is 5.87. The second-order valence-corrected chi connectivity index (χ2v) is 7.73. The number of likely N-dealkylation sites (N-methyl/N-ethyl adjacent to an activating group) is 1. The van der Waals surface area contributed by atoms with Crippen LogP contribution in [0.4, 0.5) is 8.78 Å². The maximum absolute atomic E-state index is 12.5. The van der Waals surface area contributed by atoms with Crippen LogP contribution in [-0.4, -0.2) is 51.0 Å². The van der Waals surface area contributed by atoms with Gasteiger partial charge in [0.05, 0.1) is 11.3 Å². The molecule has 0 amide bonds. The summed E-state index contributed by atoms with van der Waals surface area (Å²) in [7, 11) is 0. The standard InChI is InChI=1S/C22H23F2N5O2/c1-3-28-6-4-5-15(12-28)29-11-14(10-25)17-9-18(26-27-21(17)29)20-13(2)7-16(8-19(20)30)31-22(23)24/h7-9,11,15,22,30H,3-6,12H2,1-2H3/t15-/m1/s1. The molecule has 9 heteroatoms. The largest absolute Gasteiger partial charge is 0.507 e. The molecular formula is C22H23F2N5O2. The van der Waals surface area contributed by atoms with Crippen molar-refractivity contribution >= 4 is 11.0 Å². The molecule has 1 N–H and O–H groups in total. The molecule has 0 radical (unpaired) electrons. The van der Waals surface area contributed by atoms with Gasteiger partial charge in [0.25, 0.3) is 0 Å². The van der Waals surface area contributed by atoms with Crippen LogP contribution >= 0.6 is 0 Å². The van der Waals surface area contributed by atoms with Gasteiger partial charge in [0, 0.05) is 35.8 Å². The monoisotopic (exact) mass is 427 g/mol. The number of likely N-dealkylation sites (tertiary alicyclic amines) is 1. The lowest BCUT2D eigenvalue weighted by Gasteiger charge is -2.32. The number of fused-ring (bicyclic) bond motifs is 1. The van der Waals surface area contributed by atoms with Crippen molar-refractivity contribution in [1.82, 2.24) is 19.7 Å². The Morgan fingerprint density at radius 3 is 2.81 bits per heavy atom. The molecule has 1 aliphatic heterocycles. The number of phenolic OH excluding ortho intramolecular Hbond substituents is 1. The molecule has 0 saturated carbocycles. The molecule has 1 aromatic carbocycles. The zero-order chi connectivity index (χ0) is 22.1. The minimum absolute atomic E-state index is 0.135. The summed E-state index contributed by atoms with van der Waals surface area (Å²) < 4.78 is 31.4. The molecule has 3 heterocycles. The fraction of sp³-hybridized carbons (Fsp3) is 0.409. The molecule has 4 rings (SSSR count). The van der Waals surface area contributed by atoms with Crippen LogP contribution in [0.15, 0.2) is 24.4 Å². The van der Waals surface area contributed by atoms with Crippen molar-refractivity contribution in [1.29, 1.82) is 5.26 Å². The van der Waals surface area contributed by atoms with E-state index in [9.17, 15) is 19.1 Å². The number of piperidine rings is 1. The molecule has 0 aliphatic carbocycles. The van der Waals surface area contributed by atoms with E-state index in [1.54, 1.807) is 13.0 Å². The van der Waals surface area contributed by atoms with E-state index in [1.807, 2.05) is 10.8 Å². The maximum Gasteiger partial charge on any atom is 0.387 e. The van der Waals surface area contributed by atoms with E-state index >= 15 is 0 Å². The topological polar surface area (TPSA) is 87.2 Å². The first-order valence-electron chi connectivity index (χ1n) is 10.2. The van der Waals surface area contributed by atoms with Gasteiger partial charge in [0.15, 0.2) is 5.65 Å². The molecular weight excluding hydrogens is 404 g/mol. The van der Waals surface area contributed by atoms with Gasteiger partial charge < -0.3 is 19.3 Å². The van der Waals surface area contributed by atoms with Gasteiger partial charge in [-0.05, 0) is 50.6 Å². The molecule has 3 aromatic rings. The van der Waals surface area contributed by atoms with Gasteiger partial charge in [0.2, 0.25) is 0 Å². The summed E-state index contributed by atoms with van der Waals surface area (Å²) in [5, 5.41) is 29.4. The first-order valence-corrected chi connectivity index (χ1v) is 10.2. The average molecular weight is 427 g/mol. The van der Waals surface area contributed by atoms with Crippen molar-refractivity contribution in [2.24, 2.45) is 0 Å². The zero-order valence-corrected chi connectivity index (χ0v) is 17.3. The number of nitrogens with zero attached hydrogens (tertiary/aromatic N) is 5.